The van der Waals surface area contributed by atoms with Crippen molar-refractivity contribution in [2.75, 3.05) is 13.6 Å². The number of benzene rings is 1. The molecule has 0 bridgehead atoms. The van der Waals surface area contributed by atoms with Crippen LogP contribution in [-0.2, 0) is 6.42 Å². The maximum atomic E-state index is 12.7. The van der Waals surface area contributed by atoms with E-state index in [1.165, 1.54) is 5.57 Å². The summed E-state index contributed by atoms with van der Waals surface area (Å²) in [5.41, 5.74) is 3.08. The number of unbranched alkanes of at least 4 members (excludes halogenated alkanes) is 1. The van der Waals surface area contributed by atoms with E-state index in [4.69, 9.17) is 0 Å². The van der Waals surface area contributed by atoms with Gasteiger partial charge in [-0.25, -0.2) is 0 Å². The van der Waals surface area contributed by atoms with Crippen LogP contribution in [0.1, 0.15) is 70.3 Å². The number of aliphatic imine (C=N–C) groups is 1. The fraction of sp³-hybridized carbons (Fsp3) is 0.545. The number of aryl methyl sites for hydroxylation is 1. The highest BCUT2D eigenvalue weighted by Crippen LogP contribution is 2.24. The molecule has 138 valence electrons. The molecule has 0 aliphatic heterocycles. The molecule has 0 N–H and O–H groups in total. The van der Waals surface area contributed by atoms with Crippen LogP contribution >= 0.6 is 0 Å². The Morgan fingerprint density at radius 2 is 1.92 bits per heavy atom. The van der Waals surface area contributed by atoms with E-state index in [1.807, 2.05) is 31.3 Å². The van der Waals surface area contributed by atoms with Gasteiger partial charge in [-0.15, -0.1) is 0 Å². The number of carbonyl (C=O) groups is 1. The van der Waals surface area contributed by atoms with Crippen molar-refractivity contribution in [1.29, 1.82) is 0 Å². The molecule has 0 saturated carbocycles. The van der Waals surface area contributed by atoms with Crippen LogP contribution in [0.2, 0.25) is 0 Å². The van der Waals surface area contributed by atoms with Crippen LogP contribution in [0.15, 0.2) is 40.9 Å². The number of amidine groups is 1. The number of likely N-dealkylation sites (N-methyl/N-ethyl adjacent to an activating group) is 1. The number of hydrogen-bond acceptors (Lipinski definition) is 1. The number of carbonyl (C=O) groups excluding carboxylic acids is 1. The highest BCUT2D eigenvalue weighted by molar-refractivity contribution is 6.07. The Hall–Kier alpha value is -1.90. The minimum Gasteiger partial charge on any atom is -0.360 e. The van der Waals surface area contributed by atoms with E-state index >= 15 is 0 Å². The smallest absolute Gasteiger partial charge is 0.278 e. The monoisotopic (exact) mass is 342 g/mol. The van der Waals surface area contributed by atoms with Crippen molar-refractivity contribution >= 4 is 11.7 Å². The van der Waals surface area contributed by atoms with Gasteiger partial charge in [-0.2, -0.15) is 4.99 Å². The summed E-state index contributed by atoms with van der Waals surface area (Å²) >= 11 is 0. The first kappa shape index (κ1) is 21.1. The van der Waals surface area contributed by atoms with E-state index < -0.39 is 0 Å². The maximum absolute atomic E-state index is 12.7. The molecule has 3 heteroatoms. The Morgan fingerprint density at radius 1 is 1.24 bits per heavy atom. The van der Waals surface area contributed by atoms with Crippen molar-refractivity contribution < 1.29 is 4.79 Å². The molecule has 0 saturated heterocycles. The third kappa shape index (κ3) is 6.85. The molecule has 0 radical (unpaired) electrons. The van der Waals surface area contributed by atoms with Crippen molar-refractivity contribution in [3.05, 3.63) is 47.0 Å². The molecular weight excluding hydrogens is 308 g/mol. The van der Waals surface area contributed by atoms with Gasteiger partial charge in [0.2, 0.25) is 0 Å². The molecule has 1 amide bonds. The highest BCUT2D eigenvalue weighted by atomic mass is 16.1. The van der Waals surface area contributed by atoms with Crippen molar-refractivity contribution in [2.45, 2.75) is 60.8 Å². The quantitative estimate of drug-likeness (QED) is 0.504. The SMILES string of the molecule is CCCCN(C)C(/C=C(\C)C(C)(C)C)=NC(=O)c1cccc(CC)c1. The molecule has 0 aromatic heterocycles. The lowest BCUT2D eigenvalue weighted by Crippen LogP contribution is -2.28. The first-order valence-corrected chi connectivity index (χ1v) is 9.30. The molecule has 0 unspecified atom stereocenters. The molecule has 1 aromatic carbocycles. The number of allylic oxidation sites excluding steroid dienone is 1. The van der Waals surface area contributed by atoms with Gasteiger partial charge < -0.3 is 4.90 Å². The summed E-state index contributed by atoms with van der Waals surface area (Å²) in [4.78, 5) is 19.2. The molecule has 3 nitrogen and oxygen atoms in total. The predicted octanol–water partition coefficient (Wildman–Crippen LogP) is 5.51. The van der Waals surface area contributed by atoms with E-state index in [0.29, 0.717) is 5.56 Å². The Balaban J connectivity index is 3.20. The lowest BCUT2D eigenvalue weighted by molar-refractivity contribution is 0.100. The Morgan fingerprint density at radius 3 is 2.48 bits per heavy atom. The average Bonchev–Trinajstić information content (AvgIpc) is 2.57. The fourth-order valence-electron chi connectivity index (χ4n) is 2.24. The molecule has 25 heavy (non-hydrogen) atoms. The van der Waals surface area contributed by atoms with Crippen LogP contribution in [0.3, 0.4) is 0 Å². The average molecular weight is 343 g/mol. The molecule has 0 aliphatic carbocycles. The van der Waals surface area contributed by atoms with Crippen molar-refractivity contribution in [3.8, 4) is 0 Å². The first-order valence-electron chi connectivity index (χ1n) is 9.30. The van der Waals surface area contributed by atoms with Gasteiger partial charge in [-0.3, -0.25) is 4.79 Å². The molecule has 0 atom stereocenters. The van der Waals surface area contributed by atoms with Crippen molar-refractivity contribution in [3.63, 3.8) is 0 Å². The first-order chi connectivity index (χ1) is 11.7. The summed E-state index contributed by atoms with van der Waals surface area (Å²) in [5, 5.41) is 0. The number of hydrogen-bond donors (Lipinski definition) is 0. The standard InChI is InChI=1S/C22H34N2O/c1-8-10-14-24(7)20(15-17(3)22(4,5)6)23-21(25)19-13-11-12-18(9-2)16-19/h11-13,15-16H,8-10,14H2,1-7H3/b17-15+,23-20?. The summed E-state index contributed by atoms with van der Waals surface area (Å²) in [6.45, 7) is 13.8. The molecular formula is C22H34N2O. The number of amides is 1. The van der Waals surface area contributed by atoms with Crippen LogP contribution in [0, 0.1) is 5.41 Å². The van der Waals surface area contributed by atoms with Crippen molar-refractivity contribution in [1.82, 2.24) is 4.90 Å². The van der Waals surface area contributed by atoms with Gasteiger partial charge in [0.1, 0.15) is 5.84 Å². The second-order valence-electron chi connectivity index (χ2n) is 7.68. The van der Waals surface area contributed by atoms with E-state index in [0.717, 1.165) is 37.2 Å². The summed E-state index contributed by atoms with van der Waals surface area (Å²) in [6.07, 6.45) is 5.16. The zero-order valence-electron chi connectivity index (χ0n) is 17.0. The fourth-order valence-corrected chi connectivity index (χ4v) is 2.24. The van der Waals surface area contributed by atoms with E-state index in [-0.39, 0.29) is 11.3 Å². The molecule has 1 rings (SSSR count). The Bertz CT molecular complexity index is 636. The molecule has 1 aromatic rings. The number of nitrogens with zero attached hydrogens (tertiary/aromatic N) is 2. The van der Waals surface area contributed by atoms with E-state index in [1.54, 1.807) is 0 Å². The van der Waals surface area contributed by atoms with Crippen LogP contribution < -0.4 is 0 Å². The maximum Gasteiger partial charge on any atom is 0.278 e. The van der Waals surface area contributed by atoms with Crippen LogP contribution in [0.5, 0.6) is 0 Å². The summed E-state index contributed by atoms with van der Waals surface area (Å²) in [5.74, 6) is 0.569. The molecule has 0 fully saturated rings. The van der Waals surface area contributed by atoms with Gasteiger partial charge in [0.05, 0.1) is 0 Å². The Kier molecular flexibility index (Phi) is 8.08. The second kappa shape index (κ2) is 9.55. The number of rotatable bonds is 6. The van der Waals surface area contributed by atoms with Crippen LogP contribution in [0.4, 0.5) is 0 Å². The van der Waals surface area contributed by atoms with Gasteiger partial charge in [0, 0.05) is 19.2 Å². The summed E-state index contributed by atoms with van der Waals surface area (Å²) < 4.78 is 0. The van der Waals surface area contributed by atoms with Gasteiger partial charge >= 0.3 is 0 Å². The van der Waals surface area contributed by atoms with Gasteiger partial charge in [0.25, 0.3) is 5.91 Å². The van der Waals surface area contributed by atoms with Gasteiger partial charge in [-0.05, 0) is 49.0 Å². The third-order valence-corrected chi connectivity index (χ3v) is 4.57. The van der Waals surface area contributed by atoms with E-state index in [9.17, 15) is 4.79 Å². The molecule has 0 aliphatic rings. The van der Waals surface area contributed by atoms with Gasteiger partial charge in [-0.1, -0.05) is 58.7 Å². The lowest BCUT2D eigenvalue weighted by Gasteiger charge is -2.23. The van der Waals surface area contributed by atoms with E-state index in [2.05, 4.69) is 57.5 Å². The van der Waals surface area contributed by atoms with Crippen LogP contribution in [-0.4, -0.2) is 30.2 Å². The minimum atomic E-state index is -0.174. The normalized spacial score (nSPS) is 13.1. The minimum absolute atomic E-state index is 0.0531. The topological polar surface area (TPSA) is 32.7 Å². The summed E-state index contributed by atoms with van der Waals surface area (Å²) in [7, 11) is 2.01. The third-order valence-electron chi connectivity index (χ3n) is 4.57. The molecule has 0 heterocycles. The van der Waals surface area contributed by atoms with Crippen LogP contribution in [0.25, 0.3) is 0 Å². The summed E-state index contributed by atoms with van der Waals surface area (Å²) in [6, 6.07) is 7.75. The van der Waals surface area contributed by atoms with Crippen molar-refractivity contribution in [2.24, 2.45) is 10.4 Å². The predicted molar refractivity (Wildman–Crippen MR) is 108 cm³/mol. The second-order valence-corrected chi connectivity index (χ2v) is 7.68. The zero-order valence-corrected chi connectivity index (χ0v) is 17.0. The highest BCUT2D eigenvalue weighted by Gasteiger charge is 2.16. The van der Waals surface area contributed by atoms with Gasteiger partial charge in [0.15, 0.2) is 0 Å². The molecule has 0 spiro atoms. The Labute approximate surface area is 153 Å². The largest absolute Gasteiger partial charge is 0.360 e. The zero-order chi connectivity index (χ0) is 19.0. The lowest BCUT2D eigenvalue weighted by atomic mass is 9.87.